The Kier molecular flexibility index (Phi) is 5.87. The minimum absolute atomic E-state index is 0.0477. The van der Waals surface area contributed by atoms with Crippen LogP contribution in [-0.2, 0) is 16.1 Å². The predicted octanol–water partition coefficient (Wildman–Crippen LogP) is 3.46. The number of carbonyl (C=O) groups excluding carboxylic acids is 1. The van der Waals surface area contributed by atoms with Gasteiger partial charge in [0.05, 0.1) is 6.61 Å². The third-order valence-corrected chi connectivity index (χ3v) is 3.43. The molecule has 2 N–H and O–H groups in total. The zero-order chi connectivity index (χ0) is 17.6. The highest BCUT2D eigenvalue weighted by Gasteiger charge is 2.48. The van der Waals surface area contributed by atoms with Crippen LogP contribution in [0.5, 0.6) is 5.75 Å². The molecule has 0 saturated heterocycles. The lowest BCUT2D eigenvalue weighted by atomic mass is 10.0. The molecule has 0 heterocycles. The molecule has 0 aliphatic rings. The maximum absolute atomic E-state index is 14.2. The second-order valence-corrected chi connectivity index (χ2v) is 5.13. The van der Waals surface area contributed by atoms with E-state index in [1.807, 2.05) is 30.3 Å². The topological polar surface area (TPSA) is 61.5 Å². The van der Waals surface area contributed by atoms with Crippen LogP contribution in [0.4, 0.5) is 8.78 Å². The second-order valence-electron chi connectivity index (χ2n) is 5.13. The van der Waals surface area contributed by atoms with Crippen molar-refractivity contribution in [1.29, 1.82) is 0 Å². The highest BCUT2D eigenvalue weighted by Crippen LogP contribution is 2.35. The number of hydrogen-bond donors (Lipinski definition) is 1. The molecule has 128 valence electrons. The Morgan fingerprint density at radius 1 is 1.12 bits per heavy atom. The zero-order valence-electron chi connectivity index (χ0n) is 13.2. The van der Waals surface area contributed by atoms with Crippen molar-refractivity contribution in [1.82, 2.24) is 0 Å². The van der Waals surface area contributed by atoms with E-state index in [4.69, 9.17) is 10.5 Å². The monoisotopic (exact) mass is 335 g/mol. The van der Waals surface area contributed by atoms with Crippen LogP contribution in [0.15, 0.2) is 54.6 Å². The lowest BCUT2D eigenvalue weighted by Gasteiger charge is -2.23. The number of alkyl halides is 2. The summed E-state index contributed by atoms with van der Waals surface area (Å²) in [5, 5.41) is 0. The fraction of sp³-hybridized carbons (Fsp3) is 0.278. The third-order valence-electron chi connectivity index (χ3n) is 3.43. The van der Waals surface area contributed by atoms with Crippen LogP contribution in [0.1, 0.15) is 24.1 Å². The normalized spacial score (nSPS) is 12.5. The van der Waals surface area contributed by atoms with Gasteiger partial charge in [0.25, 0.3) is 0 Å². The molecule has 0 spiro atoms. The van der Waals surface area contributed by atoms with Crippen molar-refractivity contribution in [2.75, 3.05) is 6.61 Å². The van der Waals surface area contributed by atoms with Crippen molar-refractivity contribution in [3.63, 3.8) is 0 Å². The van der Waals surface area contributed by atoms with Crippen LogP contribution in [0, 0.1) is 0 Å². The molecule has 0 bridgehead atoms. The number of nitrogens with two attached hydrogens (primary N) is 1. The molecule has 2 rings (SSSR count). The smallest absolute Gasteiger partial charge is 0.379 e. The van der Waals surface area contributed by atoms with E-state index < -0.39 is 17.9 Å². The lowest BCUT2D eigenvalue weighted by molar-refractivity contribution is -0.174. The Bertz CT molecular complexity index is 677. The van der Waals surface area contributed by atoms with Gasteiger partial charge in [-0.1, -0.05) is 48.5 Å². The van der Waals surface area contributed by atoms with E-state index in [1.165, 1.54) is 13.0 Å². The summed E-state index contributed by atoms with van der Waals surface area (Å²) in [7, 11) is 0. The summed E-state index contributed by atoms with van der Waals surface area (Å²) < 4.78 is 38.4. The van der Waals surface area contributed by atoms with Gasteiger partial charge in [-0.2, -0.15) is 8.78 Å². The van der Waals surface area contributed by atoms with Gasteiger partial charge in [0, 0.05) is 5.56 Å². The molecular formula is C18H19F2NO3. The number of carbonyl (C=O) groups is 1. The minimum Gasteiger partial charge on any atom is -0.489 e. The summed E-state index contributed by atoms with van der Waals surface area (Å²) in [6.07, 6.45) is 0. The summed E-state index contributed by atoms with van der Waals surface area (Å²) in [5.74, 6) is -5.28. The molecule has 0 fully saturated rings. The molecule has 0 aromatic heterocycles. The zero-order valence-corrected chi connectivity index (χ0v) is 13.2. The van der Waals surface area contributed by atoms with Gasteiger partial charge in [-0.3, -0.25) is 0 Å². The molecule has 0 aliphatic carbocycles. The predicted molar refractivity (Wildman–Crippen MR) is 85.7 cm³/mol. The Morgan fingerprint density at radius 2 is 1.75 bits per heavy atom. The van der Waals surface area contributed by atoms with Crippen LogP contribution >= 0.6 is 0 Å². The van der Waals surface area contributed by atoms with Crippen LogP contribution in [0.25, 0.3) is 0 Å². The lowest BCUT2D eigenvalue weighted by Crippen LogP contribution is -2.41. The summed E-state index contributed by atoms with van der Waals surface area (Å²) in [6.45, 7) is 1.51. The van der Waals surface area contributed by atoms with Gasteiger partial charge in [-0.05, 0) is 18.6 Å². The van der Waals surface area contributed by atoms with E-state index in [0.717, 1.165) is 5.56 Å². The summed E-state index contributed by atoms with van der Waals surface area (Å²) in [4.78, 5) is 11.5. The molecule has 4 nitrogen and oxygen atoms in total. The van der Waals surface area contributed by atoms with E-state index in [9.17, 15) is 13.6 Å². The largest absolute Gasteiger partial charge is 0.489 e. The SMILES string of the molecule is CCOC(=O)C(F)(F)[C@@H](N)c1ccccc1OCc1ccccc1. The van der Waals surface area contributed by atoms with Crippen molar-refractivity contribution in [3.05, 3.63) is 65.7 Å². The van der Waals surface area contributed by atoms with Crippen molar-refractivity contribution < 1.29 is 23.0 Å². The Balaban J connectivity index is 2.19. The maximum atomic E-state index is 14.2. The molecular weight excluding hydrogens is 316 g/mol. The molecule has 2 aromatic carbocycles. The average Bonchev–Trinajstić information content (AvgIpc) is 2.60. The van der Waals surface area contributed by atoms with E-state index in [0.29, 0.717) is 0 Å². The van der Waals surface area contributed by atoms with Gasteiger partial charge in [0.15, 0.2) is 0 Å². The average molecular weight is 335 g/mol. The number of para-hydroxylation sites is 1. The van der Waals surface area contributed by atoms with E-state index >= 15 is 0 Å². The van der Waals surface area contributed by atoms with Crippen LogP contribution in [-0.4, -0.2) is 18.5 Å². The molecule has 1 atom stereocenters. The van der Waals surface area contributed by atoms with Gasteiger partial charge in [0.1, 0.15) is 18.4 Å². The number of esters is 1. The molecule has 2 aromatic rings. The Hall–Kier alpha value is -2.47. The number of ether oxygens (including phenoxy) is 2. The number of hydrogen-bond acceptors (Lipinski definition) is 4. The first-order valence-corrected chi connectivity index (χ1v) is 7.53. The quantitative estimate of drug-likeness (QED) is 0.787. The van der Waals surface area contributed by atoms with Crippen molar-refractivity contribution in [2.45, 2.75) is 25.5 Å². The third kappa shape index (κ3) is 4.08. The van der Waals surface area contributed by atoms with E-state index in [1.54, 1.807) is 18.2 Å². The number of halogens is 2. The Labute approximate surface area is 139 Å². The van der Waals surface area contributed by atoms with E-state index in [2.05, 4.69) is 4.74 Å². The highest BCUT2D eigenvalue weighted by atomic mass is 19.3. The summed E-state index contributed by atoms with van der Waals surface area (Å²) in [6, 6.07) is 13.6. The van der Waals surface area contributed by atoms with Crippen molar-refractivity contribution >= 4 is 5.97 Å². The highest BCUT2D eigenvalue weighted by molar-refractivity contribution is 5.79. The number of benzene rings is 2. The summed E-state index contributed by atoms with van der Waals surface area (Å²) in [5.41, 5.74) is 6.58. The van der Waals surface area contributed by atoms with Crippen molar-refractivity contribution in [2.24, 2.45) is 5.73 Å². The fourth-order valence-electron chi connectivity index (χ4n) is 2.15. The molecule has 0 saturated carbocycles. The first kappa shape index (κ1) is 17.9. The van der Waals surface area contributed by atoms with Gasteiger partial charge in [0.2, 0.25) is 0 Å². The molecule has 0 amide bonds. The van der Waals surface area contributed by atoms with Gasteiger partial charge in [-0.15, -0.1) is 0 Å². The van der Waals surface area contributed by atoms with Crippen molar-refractivity contribution in [3.8, 4) is 5.75 Å². The fourth-order valence-corrected chi connectivity index (χ4v) is 2.15. The molecule has 0 radical (unpaired) electrons. The number of rotatable bonds is 7. The standard InChI is InChI=1S/C18H19F2NO3/c1-2-23-17(22)18(19,20)16(21)14-10-6-7-11-15(14)24-12-13-8-4-3-5-9-13/h3-11,16H,2,12,21H2,1H3/t16-/m0/s1. The summed E-state index contributed by atoms with van der Waals surface area (Å²) >= 11 is 0. The molecule has 6 heteroatoms. The molecule has 0 unspecified atom stereocenters. The maximum Gasteiger partial charge on any atom is 0.379 e. The molecule has 0 aliphatic heterocycles. The van der Waals surface area contributed by atoms with E-state index in [-0.39, 0.29) is 24.5 Å². The first-order valence-electron chi connectivity index (χ1n) is 7.53. The van der Waals surface area contributed by atoms with Gasteiger partial charge >= 0.3 is 11.9 Å². The molecule has 24 heavy (non-hydrogen) atoms. The Morgan fingerprint density at radius 3 is 2.42 bits per heavy atom. The van der Waals surface area contributed by atoms with Crippen LogP contribution < -0.4 is 10.5 Å². The van der Waals surface area contributed by atoms with Crippen LogP contribution in [0.3, 0.4) is 0 Å². The first-order chi connectivity index (χ1) is 11.5. The van der Waals surface area contributed by atoms with Crippen LogP contribution in [0.2, 0.25) is 0 Å². The van der Waals surface area contributed by atoms with Gasteiger partial charge < -0.3 is 15.2 Å². The van der Waals surface area contributed by atoms with Gasteiger partial charge in [-0.25, -0.2) is 4.79 Å². The second kappa shape index (κ2) is 7.88. The minimum atomic E-state index is -3.85.